The third-order valence-electron chi connectivity index (χ3n) is 2.01. The summed E-state index contributed by atoms with van der Waals surface area (Å²) in [7, 11) is 1.50. The van der Waals surface area contributed by atoms with Crippen molar-refractivity contribution in [3.8, 4) is 5.75 Å². The van der Waals surface area contributed by atoms with Crippen molar-refractivity contribution in [3.63, 3.8) is 0 Å². The van der Waals surface area contributed by atoms with Gasteiger partial charge in [0.1, 0.15) is 0 Å². The first-order valence-corrected chi connectivity index (χ1v) is 4.92. The largest absolute Gasteiger partial charge is 0.492 e. The van der Waals surface area contributed by atoms with E-state index in [-0.39, 0.29) is 5.76 Å². The van der Waals surface area contributed by atoms with E-state index in [4.69, 9.17) is 14.3 Å². The number of rotatable bonds is 2. The third-order valence-corrected chi connectivity index (χ3v) is 2.63. The molecule has 5 heteroatoms. The van der Waals surface area contributed by atoms with Gasteiger partial charge in [0.15, 0.2) is 11.3 Å². The van der Waals surface area contributed by atoms with Crippen LogP contribution in [-0.2, 0) is 0 Å². The number of benzene rings is 1. The molecule has 0 saturated heterocycles. The van der Waals surface area contributed by atoms with E-state index in [1.807, 2.05) is 0 Å². The first-order valence-electron chi connectivity index (χ1n) is 4.13. The molecule has 2 aromatic rings. The number of carboxylic acid groups (broad SMARTS) is 1. The predicted molar refractivity (Wildman–Crippen MR) is 57.4 cm³/mol. The number of furan rings is 1. The molecule has 0 fully saturated rings. The zero-order valence-corrected chi connectivity index (χ0v) is 9.37. The molecule has 78 valence electrons. The molecule has 0 radical (unpaired) electrons. The van der Waals surface area contributed by atoms with Crippen molar-refractivity contribution >= 4 is 32.9 Å². The number of carbonyl (C=O) groups is 1. The van der Waals surface area contributed by atoms with Gasteiger partial charge in [0.05, 0.1) is 11.6 Å². The topological polar surface area (TPSA) is 59.7 Å². The summed E-state index contributed by atoms with van der Waals surface area (Å²) in [4.78, 5) is 10.7. The lowest BCUT2D eigenvalue weighted by Gasteiger charge is -2.02. The van der Waals surface area contributed by atoms with E-state index in [2.05, 4.69) is 15.9 Å². The molecule has 0 aliphatic carbocycles. The second-order valence-corrected chi connectivity index (χ2v) is 3.77. The first kappa shape index (κ1) is 10.0. The molecule has 0 amide bonds. The molecule has 1 aromatic carbocycles. The van der Waals surface area contributed by atoms with Crippen LogP contribution in [0.25, 0.3) is 11.0 Å². The Kier molecular flexibility index (Phi) is 2.40. The number of aromatic carboxylic acids is 1. The van der Waals surface area contributed by atoms with Crippen molar-refractivity contribution in [1.29, 1.82) is 0 Å². The van der Waals surface area contributed by atoms with Crippen LogP contribution in [0.3, 0.4) is 0 Å². The Labute approximate surface area is 93.6 Å². The van der Waals surface area contributed by atoms with Crippen LogP contribution in [-0.4, -0.2) is 18.2 Å². The van der Waals surface area contributed by atoms with Gasteiger partial charge in [-0.25, -0.2) is 4.79 Å². The SMILES string of the molecule is COc1c(Br)ccc2cc(C(=O)O)oc12. The summed E-state index contributed by atoms with van der Waals surface area (Å²) in [5, 5.41) is 9.47. The van der Waals surface area contributed by atoms with Crippen LogP contribution in [0.2, 0.25) is 0 Å². The summed E-state index contributed by atoms with van der Waals surface area (Å²) in [6.45, 7) is 0. The Morgan fingerprint density at radius 3 is 2.87 bits per heavy atom. The second-order valence-electron chi connectivity index (χ2n) is 2.91. The summed E-state index contributed by atoms with van der Waals surface area (Å²) >= 11 is 3.29. The number of carboxylic acids is 1. The quantitative estimate of drug-likeness (QED) is 0.912. The molecule has 4 nitrogen and oxygen atoms in total. The van der Waals surface area contributed by atoms with Crippen LogP contribution in [0.1, 0.15) is 10.6 Å². The predicted octanol–water partition coefficient (Wildman–Crippen LogP) is 2.90. The molecule has 0 bridgehead atoms. The van der Waals surface area contributed by atoms with E-state index in [0.717, 1.165) is 4.47 Å². The molecular weight excluding hydrogens is 264 g/mol. The Hall–Kier alpha value is -1.49. The molecule has 0 atom stereocenters. The fraction of sp³-hybridized carbons (Fsp3) is 0.100. The van der Waals surface area contributed by atoms with Crippen molar-refractivity contribution < 1.29 is 19.1 Å². The molecule has 1 aromatic heterocycles. The van der Waals surface area contributed by atoms with E-state index in [9.17, 15) is 4.79 Å². The van der Waals surface area contributed by atoms with E-state index in [0.29, 0.717) is 16.7 Å². The number of methoxy groups -OCH3 is 1. The van der Waals surface area contributed by atoms with Gasteiger partial charge in [0.25, 0.3) is 0 Å². The summed E-state index contributed by atoms with van der Waals surface area (Å²) in [5.74, 6) is -0.689. The Morgan fingerprint density at radius 2 is 2.27 bits per heavy atom. The van der Waals surface area contributed by atoms with Gasteiger partial charge < -0.3 is 14.3 Å². The van der Waals surface area contributed by atoms with Crippen molar-refractivity contribution in [2.45, 2.75) is 0 Å². The highest BCUT2D eigenvalue weighted by Gasteiger charge is 2.15. The molecule has 2 rings (SSSR count). The summed E-state index contributed by atoms with van der Waals surface area (Å²) in [5.41, 5.74) is 0.435. The zero-order valence-electron chi connectivity index (χ0n) is 7.78. The van der Waals surface area contributed by atoms with Crippen LogP contribution in [0.5, 0.6) is 5.75 Å². The van der Waals surface area contributed by atoms with Crippen molar-refractivity contribution in [2.24, 2.45) is 0 Å². The molecule has 0 aliphatic heterocycles. The highest BCUT2D eigenvalue weighted by Crippen LogP contribution is 2.35. The second kappa shape index (κ2) is 3.58. The maximum absolute atomic E-state index is 10.7. The molecule has 1 heterocycles. The van der Waals surface area contributed by atoms with Crippen LogP contribution in [0, 0.1) is 0 Å². The standard InChI is InChI=1S/C10H7BrO4/c1-14-9-6(11)3-2-5-4-7(10(12)13)15-8(5)9/h2-4H,1H3,(H,12,13). The number of hydrogen-bond acceptors (Lipinski definition) is 3. The van der Waals surface area contributed by atoms with Crippen molar-refractivity contribution in [2.75, 3.05) is 7.11 Å². The Balaban J connectivity index is 2.75. The van der Waals surface area contributed by atoms with E-state index in [1.165, 1.54) is 13.2 Å². The zero-order chi connectivity index (χ0) is 11.0. The van der Waals surface area contributed by atoms with Crippen LogP contribution >= 0.6 is 15.9 Å². The minimum Gasteiger partial charge on any atom is -0.492 e. The average molecular weight is 271 g/mol. The number of halogens is 1. The highest BCUT2D eigenvalue weighted by atomic mass is 79.9. The van der Waals surface area contributed by atoms with E-state index >= 15 is 0 Å². The van der Waals surface area contributed by atoms with Gasteiger partial charge in [-0.2, -0.15) is 0 Å². The molecule has 0 aliphatic rings. The number of ether oxygens (including phenoxy) is 1. The maximum Gasteiger partial charge on any atom is 0.371 e. The average Bonchev–Trinajstić information content (AvgIpc) is 2.61. The lowest BCUT2D eigenvalue weighted by molar-refractivity contribution is 0.0665. The van der Waals surface area contributed by atoms with Crippen LogP contribution in [0.4, 0.5) is 0 Å². The van der Waals surface area contributed by atoms with E-state index in [1.54, 1.807) is 12.1 Å². The van der Waals surface area contributed by atoms with E-state index < -0.39 is 5.97 Å². The normalized spacial score (nSPS) is 10.5. The third kappa shape index (κ3) is 1.59. The molecule has 1 N–H and O–H groups in total. The van der Waals surface area contributed by atoms with Gasteiger partial charge >= 0.3 is 5.97 Å². The molecule has 0 unspecified atom stereocenters. The van der Waals surface area contributed by atoms with Gasteiger partial charge in [-0.05, 0) is 34.1 Å². The van der Waals surface area contributed by atoms with Crippen LogP contribution < -0.4 is 4.74 Å². The maximum atomic E-state index is 10.7. The molecule has 0 spiro atoms. The summed E-state index contributed by atoms with van der Waals surface area (Å²) in [6.07, 6.45) is 0. The van der Waals surface area contributed by atoms with Crippen molar-refractivity contribution in [1.82, 2.24) is 0 Å². The van der Waals surface area contributed by atoms with Crippen molar-refractivity contribution in [3.05, 3.63) is 28.4 Å². The fourth-order valence-electron chi connectivity index (χ4n) is 1.35. The first-order chi connectivity index (χ1) is 7.13. The minimum atomic E-state index is -1.09. The Bertz CT molecular complexity index is 529. The van der Waals surface area contributed by atoms with Gasteiger partial charge in [-0.1, -0.05) is 0 Å². The molecular formula is C10H7BrO4. The lowest BCUT2D eigenvalue weighted by atomic mass is 10.2. The monoisotopic (exact) mass is 270 g/mol. The smallest absolute Gasteiger partial charge is 0.371 e. The highest BCUT2D eigenvalue weighted by molar-refractivity contribution is 9.10. The van der Waals surface area contributed by atoms with Gasteiger partial charge in [0, 0.05) is 5.39 Å². The van der Waals surface area contributed by atoms with Gasteiger partial charge in [0.2, 0.25) is 5.76 Å². The lowest BCUT2D eigenvalue weighted by Crippen LogP contribution is -1.91. The summed E-state index contributed by atoms with van der Waals surface area (Å²) < 4.78 is 11.0. The van der Waals surface area contributed by atoms with Gasteiger partial charge in [-0.3, -0.25) is 0 Å². The van der Waals surface area contributed by atoms with Gasteiger partial charge in [-0.15, -0.1) is 0 Å². The Morgan fingerprint density at radius 1 is 1.53 bits per heavy atom. The summed E-state index contributed by atoms with van der Waals surface area (Å²) in [6, 6.07) is 5.01. The van der Waals surface area contributed by atoms with Crippen LogP contribution in [0.15, 0.2) is 27.1 Å². The molecule has 0 saturated carbocycles. The number of hydrogen-bond donors (Lipinski definition) is 1. The molecule has 15 heavy (non-hydrogen) atoms. The minimum absolute atomic E-state index is 0.0959. The number of fused-ring (bicyclic) bond motifs is 1. The fourth-order valence-corrected chi connectivity index (χ4v) is 1.82.